The summed E-state index contributed by atoms with van der Waals surface area (Å²) in [5.74, 6) is -1.18. The number of benzene rings is 1. The van der Waals surface area contributed by atoms with E-state index in [-0.39, 0.29) is 35.7 Å². The van der Waals surface area contributed by atoms with E-state index >= 15 is 0 Å². The highest BCUT2D eigenvalue weighted by Crippen LogP contribution is 2.27. The Balaban J connectivity index is 2.14. The second-order valence-electron chi connectivity index (χ2n) is 6.62. The Bertz CT molecular complexity index is 850. The van der Waals surface area contributed by atoms with Crippen LogP contribution in [0.15, 0.2) is 28.8 Å². The fourth-order valence-electron chi connectivity index (χ4n) is 2.25. The van der Waals surface area contributed by atoms with E-state index in [0.29, 0.717) is 5.56 Å². The number of carbonyl (C=O) groups is 2. The second-order valence-corrected chi connectivity index (χ2v) is 6.62. The number of nitrogens with one attached hydrogen (secondary N) is 1. The molecule has 1 amide bonds. The van der Waals surface area contributed by atoms with Crippen molar-refractivity contribution in [1.82, 2.24) is 10.5 Å². The van der Waals surface area contributed by atoms with Gasteiger partial charge in [-0.25, -0.2) is 9.59 Å². The molecule has 144 valence electrons. The standard InChI is InChI=1S/C17H19N3O7/c1-17(2,3)26-16(23)18-9-8-12-13(15(21)22)14(19-27-12)10-4-6-11(7-5-10)20(24)25/h4-7H,8-9H2,1-3H3,(H,18,23)(H,21,22). The first-order chi connectivity index (χ1) is 12.6. The lowest BCUT2D eigenvalue weighted by Gasteiger charge is -2.19. The van der Waals surface area contributed by atoms with Gasteiger partial charge in [0.2, 0.25) is 0 Å². The average molecular weight is 377 g/mol. The molecule has 27 heavy (non-hydrogen) atoms. The first kappa shape index (κ1) is 19.9. The maximum Gasteiger partial charge on any atom is 0.407 e. The number of alkyl carbamates (subject to hydrolysis) is 1. The van der Waals surface area contributed by atoms with Gasteiger partial charge in [-0.2, -0.15) is 0 Å². The summed E-state index contributed by atoms with van der Waals surface area (Å²) >= 11 is 0. The number of hydrogen-bond acceptors (Lipinski definition) is 7. The molecule has 0 saturated heterocycles. The summed E-state index contributed by atoms with van der Waals surface area (Å²) in [6.07, 6.45) is -0.546. The van der Waals surface area contributed by atoms with E-state index in [1.54, 1.807) is 20.8 Å². The van der Waals surface area contributed by atoms with Gasteiger partial charge in [-0.15, -0.1) is 0 Å². The summed E-state index contributed by atoms with van der Waals surface area (Å²) in [5.41, 5.74) is -0.500. The number of aromatic carboxylic acids is 1. The van der Waals surface area contributed by atoms with Gasteiger partial charge in [0, 0.05) is 30.7 Å². The normalized spacial score (nSPS) is 11.1. The van der Waals surface area contributed by atoms with Gasteiger partial charge in [0.25, 0.3) is 5.69 Å². The van der Waals surface area contributed by atoms with Gasteiger partial charge in [0.05, 0.1) is 4.92 Å². The smallest absolute Gasteiger partial charge is 0.407 e. The molecule has 1 aromatic heterocycles. The Morgan fingerprint density at radius 1 is 1.30 bits per heavy atom. The number of carbonyl (C=O) groups excluding carboxylic acids is 1. The summed E-state index contributed by atoms with van der Waals surface area (Å²) in [7, 11) is 0. The third-order valence-electron chi connectivity index (χ3n) is 3.35. The number of nitro groups is 1. The van der Waals surface area contributed by atoms with Crippen LogP contribution in [-0.4, -0.2) is 39.4 Å². The van der Waals surface area contributed by atoms with Crippen molar-refractivity contribution >= 4 is 17.7 Å². The van der Waals surface area contributed by atoms with Crippen LogP contribution in [0.2, 0.25) is 0 Å². The molecule has 10 heteroatoms. The van der Waals surface area contributed by atoms with Crippen LogP contribution in [0.5, 0.6) is 0 Å². The molecule has 0 unspecified atom stereocenters. The van der Waals surface area contributed by atoms with E-state index in [0.717, 1.165) is 0 Å². The zero-order valence-corrected chi connectivity index (χ0v) is 15.0. The first-order valence-electron chi connectivity index (χ1n) is 8.02. The quantitative estimate of drug-likeness (QED) is 0.577. The van der Waals surface area contributed by atoms with Crippen LogP contribution >= 0.6 is 0 Å². The Morgan fingerprint density at radius 3 is 2.44 bits per heavy atom. The zero-order valence-electron chi connectivity index (χ0n) is 15.0. The van der Waals surface area contributed by atoms with Gasteiger partial charge < -0.3 is 19.7 Å². The molecule has 2 rings (SSSR count). The highest BCUT2D eigenvalue weighted by atomic mass is 16.6. The van der Waals surface area contributed by atoms with E-state index in [1.165, 1.54) is 24.3 Å². The molecule has 1 heterocycles. The van der Waals surface area contributed by atoms with Gasteiger partial charge in [0.15, 0.2) is 5.76 Å². The molecule has 0 fully saturated rings. The molecule has 0 bridgehead atoms. The lowest BCUT2D eigenvalue weighted by Crippen LogP contribution is -2.33. The zero-order chi connectivity index (χ0) is 20.2. The number of nitrogens with zero attached hydrogens (tertiary/aromatic N) is 2. The molecule has 1 aromatic carbocycles. The Labute approximate surface area is 154 Å². The summed E-state index contributed by atoms with van der Waals surface area (Å²) in [6.45, 7) is 5.26. The number of amides is 1. The van der Waals surface area contributed by atoms with E-state index < -0.39 is 22.6 Å². The van der Waals surface area contributed by atoms with Crippen molar-refractivity contribution in [2.75, 3.05) is 6.54 Å². The molecule has 0 aliphatic carbocycles. The highest BCUT2D eigenvalue weighted by Gasteiger charge is 2.24. The number of carboxylic acid groups (broad SMARTS) is 1. The molecule has 0 atom stereocenters. The van der Waals surface area contributed by atoms with Crippen molar-refractivity contribution < 1.29 is 28.9 Å². The summed E-state index contributed by atoms with van der Waals surface area (Å²) in [4.78, 5) is 33.4. The molecule has 0 radical (unpaired) electrons. The minimum absolute atomic E-state index is 0.0599. The highest BCUT2D eigenvalue weighted by molar-refractivity contribution is 5.95. The van der Waals surface area contributed by atoms with Crippen molar-refractivity contribution in [2.45, 2.75) is 32.8 Å². The molecule has 10 nitrogen and oxygen atoms in total. The van der Waals surface area contributed by atoms with E-state index in [4.69, 9.17) is 9.26 Å². The van der Waals surface area contributed by atoms with Crippen LogP contribution in [0.4, 0.5) is 10.5 Å². The van der Waals surface area contributed by atoms with Crippen LogP contribution in [0.1, 0.15) is 36.9 Å². The largest absolute Gasteiger partial charge is 0.477 e. The molecule has 0 aliphatic heterocycles. The number of rotatable bonds is 6. The summed E-state index contributed by atoms with van der Waals surface area (Å²) < 4.78 is 10.2. The van der Waals surface area contributed by atoms with Gasteiger partial charge in [-0.1, -0.05) is 5.16 Å². The Kier molecular flexibility index (Phi) is 5.78. The second kappa shape index (κ2) is 7.85. The van der Waals surface area contributed by atoms with E-state index in [1.807, 2.05) is 0 Å². The Hall–Kier alpha value is -3.43. The summed E-state index contributed by atoms with van der Waals surface area (Å²) in [5, 5.41) is 26.5. The predicted molar refractivity (Wildman–Crippen MR) is 93.5 cm³/mol. The number of nitro benzene ring substituents is 1. The van der Waals surface area contributed by atoms with Crippen molar-refractivity contribution in [2.24, 2.45) is 0 Å². The van der Waals surface area contributed by atoms with Crippen molar-refractivity contribution in [3.63, 3.8) is 0 Å². The molecule has 2 N–H and O–H groups in total. The number of carboxylic acids is 1. The minimum Gasteiger partial charge on any atom is -0.477 e. The van der Waals surface area contributed by atoms with Crippen LogP contribution in [0, 0.1) is 10.1 Å². The third kappa shape index (κ3) is 5.27. The SMILES string of the molecule is CC(C)(C)OC(=O)NCCc1onc(-c2ccc([N+](=O)[O-])cc2)c1C(=O)O. The lowest BCUT2D eigenvalue weighted by atomic mass is 10.0. The minimum atomic E-state index is -1.25. The summed E-state index contributed by atoms with van der Waals surface area (Å²) in [6, 6.07) is 5.29. The molecular formula is C17H19N3O7. The van der Waals surface area contributed by atoms with Crippen LogP contribution in [0.25, 0.3) is 11.3 Å². The van der Waals surface area contributed by atoms with Crippen molar-refractivity contribution in [1.29, 1.82) is 0 Å². The molecule has 2 aromatic rings. The maximum absolute atomic E-state index is 11.6. The predicted octanol–water partition coefficient (Wildman–Crippen LogP) is 3.02. The van der Waals surface area contributed by atoms with Crippen LogP contribution in [-0.2, 0) is 11.2 Å². The maximum atomic E-state index is 11.6. The molecule has 0 aliphatic rings. The van der Waals surface area contributed by atoms with Crippen molar-refractivity contribution in [3.8, 4) is 11.3 Å². The first-order valence-corrected chi connectivity index (χ1v) is 8.02. The van der Waals surface area contributed by atoms with Crippen LogP contribution < -0.4 is 5.32 Å². The molecular weight excluding hydrogens is 358 g/mol. The van der Waals surface area contributed by atoms with Crippen molar-refractivity contribution in [3.05, 3.63) is 45.7 Å². The average Bonchev–Trinajstić information content (AvgIpc) is 2.97. The molecule has 0 saturated carbocycles. The number of aromatic nitrogens is 1. The number of hydrogen-bond donors (Lipinski definition) is 2. The van der Waals surface area contributed by atoms with Gasteiger partial charge in [0.1, 0.15) is 16.9 Å². The number of ether oxygens (including phenoxy) is 1. The topological polar surface area (TPSA) is 145 Å². The molecule has 0 spiro atoms. The third-order valence-corrected chi connectivity index (χ3v) is 3.35. The monoisotopic (exact) mass is 377 g/mol. The number of non-ortho nitro benzene ring substituents is 1. The van der Waals surface area contributed by atoms with Gasteiger partial charge >= 0.3 is 12.1 Å². The van der Waals surface area contributed by atoms with E-state index in [9.17, 15) is 24.8 Å². The van der Waals surface area contributed by atoms with Crippen LogP contribution in [0.3, 0.4) is 0 Å². The Morgan fingerprint density at radius 2 is 1.93 bits per heavy atom. The van der Waals surface area contributed by atoms with Gasteiger partial charge in [-0.05, 0) is 32.9 Å². The fourth-order valence-corrected chi connectivity index (χ4v) is 2.25. The lowest BCUT2D eigenvalue weighted by molar-refractivity contribution is -0.384. The van der Waals surface area contributed by atoms with Gasteiger partial charge in [-0.3, -0.25) is 10.1 Å². The van der Waals surface area contributed by atoms with E-state index in [2.05, 4.69) is 10.5 Å². The fraction of sp³-hybridized carbons (Fsp3) is 0.353.